The van der Waals surface area contributed by atoms with Gasteiger partial charge in [0.05, 0.1) is 10.6 Å². The van der Waals surface area contributed by atoms with Gasteiger partial charge in [-0.25, -0.2) is 8.42 Å². The fraction of sp³-hybridized carbons (Fsp3) is 0.220. The molecule has 0 aliphatic rings. The first-order valence-corrected chi connectivity index (χ1v) is 19.2. The standard InChI is InChI=1S/C41H41Cl2N3O5S/c1-3-4-25-44-41(48)39(26-31-11-7-5-8-12-31)45(28-32-17-18-33(42)27-38(32)43)40(47)29-46(52(49,50)37-23-15-30(2)16-24-37)34-19-21-36(22-20-34)51-35-13-9-6-10-14-35/h5-24,27,39H,3-4,25-26,28-29H2,1-2H3,(H,44,48)/t39-/m1/s1. The number of sulfonamides is 1. The second-order valence-electron chi connectivity index (χ2n) is 12.3. The van der Waals surface area contributed by atoms with Crippen molar-refractivity contribution >= 4 is 50.7 Å². The third-order valence-corrected chi connectivity index (χ3v) is 10.8. The molecule has 0 aromatic heterocycles. The van der Waals surface area contributed by atoms with E-state index in [4.69, 9.17) is 27.9 Å². The normalized spacial score (nSPS) is 11.8. The minimum atomic E-state index is -4.28. The third kappa shape index (κ3) is 10.2. The fourth-order valence-electron chi connectivity index (χ4n) is 5.56. The largest absolute Gasteiger partial charge is 0.457 e. The van der Waals surface area contributed by atoms with Crippen molar-refractivity contribution in [3.63, 3.8) is 0 Å². The van der Waals surface area contributed by atoms with Gasteiger partial charge < -0.3 is 15.0 Å². The van der Waals surface area contributed by atoms with Gasteiger partial charge >= 0.3 is 0 Å². The molecule has 0 aliphatic carbocycles. The van der Waals surface area contributed by atoms with Crippen LogP contribution in [0.1, 0.15) is 36.5 Å². The molecule has 1 N–H and O–H groups in total. The van der Waals surface area contributed by atoms with Gasteiger partial charge in [0.1, 0.15) is 24.1 Å². The summed E-state index contributed by atoms with van der Waals surface area (Å²) in [4.78, 5) is 30.2. The van der Waals surface area contributed by atoms with Crippen LogP contribution in [0.4, 0.5) is 5.69 Å². The molecule has 8 nitrogen and oxygen atoms in total. The average Bonchev–Trinajstić information content (AvgIpc) is 3.14. The number of aryl methyl sites for hydroxylation is 1. The van der Waals surface area contributed by atoms with Gasteiger partial charge in [-0.15, -0.1) is 0 Å². The Balaban J connectivity index is 1.56. The maximum Gasteiger partial charge on any atom is 0.264 e. The van der Waals surface area contributed by atoms with E-state index in [0.717, 1.165) is 28.3 Å². The zero-order valence-corrected chi connectivity index (χ0v) is 31.4. The quantitative estimate of drug-likeness (QED) is 0.102. The number of rotatable bonds is 16. The lowest BCUT2D eigenvalue weighted by Gasteiger charge is -2.34. The summed E-state index contributed by atoms with van der Waals surface area (Å²) in [6, 6.07) is 35.4. The minimum Gasteiger partial charge on any atom is -0.457 e. The van der Waals surface area contributed by atoms with Crippen molar-refractivity contribution in [1.82, 2.24) is 10.2 Å². The molecule has 0 saturated heterocycles. The van der Waals surface area contributed by atoms with Gasteiger partial charge in [0, 0.05) is 29.6 Å². The van der Waals surface area contributed by atoms with Crippen molar-refractivity contribution in [3.8, 4) is 11.5 Å². The smallest absolute Gasteiger partial charge is 0.264 e. The van der Waals surface area contributed by atoms with Crippen LogP contribution in [-0.4, -0.2) is 44.3 Å². The van der Waals surface area contributed by atoms with Crippen LogP contribution in [0.15, 0.2) is 132 Å². The lowest BCUT2D eigenvalue weighted by Crippen LogP contribution is -2.53. The summed E-state index contributed by atoms with van der Waals surface area (Å²) < 4.78 is 35.8. The number of carbonyl (C=O) groups is 2. The van der Waals surface area contributed by atoms with Crippen LogP contribution in [0.2, 0.25) is 10.0 Å². The average molecular weight is 759 g/mol. The monoisotopic (exact) mass is 757 g/mol. The molecule has 2 amide bonds. The van der Waals surface area contributed by atoms with Gasteiger partial charge in [-0.1, -0.05) is 109 Å². The predicted molar refractivity (Wildman–Crippen MR) is 208 cm³/mol. The number of ether oxygens (including phenoxy) is 1. The highest BCUT2D eigenvalue weighted by atomic mass is 35.5. The Kier molecular flexibility index (Phi) is 13.4. The number of hydrogen-bond donors (Lipinski definition) is 1. The molecular weight excluding hydrogens is 717 g/mol. The lowest BCUT2D eigenvalue weighted by molar-refractivity contribution is -0.140. The number of carbonyl (C=O) groups excluding carboxylic acids is 2. The third-order valence-electron chi connectivity index (χ3n) is 8.45. The van der Waals surface area contributed by atoms with E-state index in [0.29, 0.717) is 33.7 Å². The molecule has 0 radical (unpaired) electrons. The molecule has 5 aromatic rings. The van der Waals surface area contributed by atoms with E-state index in [-0.39, 0.29) is 29.5 Å². The molecule has 52 heavy (non-hydrogen) atoms. The Morgan fingerprint density at radius 3 is 2.08 bits per heavy atom. The van der Waals surface area contributed by atoms with E-state index >= 15 is 0 Å². The van der Waals surface area contributed by atoms with Crippen LogP contribution in [0.3, 0.4) is 0 Å². The first kappa shape index (κ1) is 38.4. The fourth-order valence-corrected chi connectivity index (χ4v) is 7.45. The molecule has 0 heterocycles. The molecule has 0 fully saturated rings. The van der Waals surface area contributed by atoms with E-state index in [2.05, 4.69) is 5.32 Å². The zero-order valence-electron chi connectivity index (χ0n) is 29.0. The summed E-state index contributed by atoms with van der Waals surface area (Å²) in [6.45, 7) is 3.63. The van der Waals surface area contributed by atoms with Crippen LogP contribution >= 0.6 is 23.2 Å². The van der Waals surface area contributed by atoms with E-state index in [1.165, 1.54) is 17.0 Å². The number of benzene rings is 5. The summed E-state index contributed by atoms with van der Waals surface area (Å²) in [5, 5.41) is 3.72. The van der Waals surface area contributed by atoms with Crippen LogP contribution in [0, 0.1) is 6.92 Å². The Bertz CT molecular complexity index is 2050. The second-order valence-corrected chi connectivity index (χ2v) is 15.0. The first-order valence-electron chi connectivity index (χ1n) is 17.0. The van der Waals surface area contributed by atoms with E-state index in [1.807, 2.05) is 74.5 Å². The number of para-hydroxylation sites is 1. The molecule has 0 saturated carbocycles. The van der Waals surface area contributed by atoms with Crippen molar-refractivity contribution in [1.29, 1.82) is 0 Å². The zero-order chi connectivity index (χ0) is 37.1. The molecular formula is C41H41Cl2N3O5S. The SMILES string of the molecule is CCCCNC(=O)[C@@H](Cc1ccccc1)N(Cc1ccc(Cl)cc1Cl)C(=O)CN(c1ccc(Oc2ccccc2)cc1)S(=O)(=O)c1ccc(C)cc1. The molecule has 5 rings (SSSR count). The lowest BCUT2D eigenvalue weighted by atomic mass is 10.0. The number of nitrogens with one attached hydrogen (secondary N) is 1. The number of hydrogen-bond acceptors (Lipinski definition) is 5. The predicted octanol–water partition coefficient (Wildman–Crippen LogP) is 8.85. The summed E-state index contributed by atoms with van der Waals surface area (Å²) >= 11 is 12.8. The van der Waals surface area contributed by atoms with Gasteiger partial charge in [-0.05, 0) is 85.1 Å². The molecule has 0 spiro atoms. The molecule has 0 bridgehead atoms. The topological polar surface area (TPSA) is 96.0 Å². The Labute approximate surface area is 316 Å². The maximum atomic E-state index is 14.8. The number of unbranched alkanes of at least 4 members (excludes halogenated alkanes) is 1. The van der Waals surface area contributed by atoms with Gasteiger partial charge in [0.2, 0.25) is 11.8 Å². The second kappa shape index (κ2) is 18.1. The number of halogens is 2. The highest BCUT2D eigenvalue weighted by Crippen LogP contribution is 2.30. The minimum absolute atomic E-state index is 0.0148. The van der Waals surface area contributed by atoms with Crippen LogP contribution in [0.5, 0.6) is 11.5 Å². The van der Waals surface area contributed by atoms with Crippen molar-refractivity contribution in [3.05, 3.63) is 154 Å². The summed E-state index contributed by atoms with van der Waals surface area (Å²) in [5.74, 6) is 0.149. The van der Waals surface area contributed by atoms with Gasteiger partial charge in [0.25, 0.3) is 10.0 Å². The number of anilines is 1. The number of nitrogens with zero attached hydrogens (tertiary/aromatic N) is 2. The van der Waals surface area contributed by atoms with Crippen molar-refractivity contribution < 1.29 is 22.7 Å². The van der Waals surface area contributed by atoms with E-state index in [9.17, 15) is 18.0 Å². The molecule has 1 atom stereocenters. The highest BCUT2D eigenvalue weighted by molar-refractivity contribution is 7.92. The highest BCUT2D eigenvalue weighted by Gasteiger charge is 2.35. The summed E-state index contributed by atoms with van der Waals surface area (Å²) in [5.41, 5.74) is 2.50. The Morgan fingerprint density at radius 2 is 1.44 bits per heavy atom. The molecule has 11 heteroatoms. The van der Waals surface area contributed by atoms with Crippen molar-refractivity contribution in [2.75, 3.05) is 17.4 Å². The molecule has 5 aromatic carbocycles. The van der Waals surface area contributed by atoms with Crippen molar-refractivity contribution in [2.24, 2.45) is 0 Å². The molecule has 270 valence electrons. The maximum absolute atomic E-state index is 14.8. The number of amides is 2. The van der Waals surface area contributed by atoms with Crippen LogP contribution in [-0.2, 0) is 32.6 Å². The van der Waals surface area contributed by atoms with E-state index < -0.39 is 28.5 Å². The summed E-state index contributed by atoms with van der Waals surface area (Å²) in [7, 11) is -4.28. The van der Waals surface area contributed by atoms with Crippen LogP contribution in [0.25, 0.3) is 0 Å². The first-order chi connectivity index (χ1) is 25.0. The van der Waals surface area contributed by atoms with Gasteiger partial charge in [-0.3, -0.25) is 13.9 Å². The van der Waals surface area contributed by atoms with Gasteiger partial charge in [0.15, 0.2) is 0 Å². The Morgan fingerprint density at radius 1 is 0.808 bits per heavy atom. The molecule has 0 aliphatic heterocycles. The molecule has 0 unspecified atom stereocenters. The van der Waals surface area contributed by atoms with Gasteiger partial charge in [-0.2, -0.15) is 0 Å². The Hall–Kier alpha value is -4.83. The van der Waals surface area contributed by atoms with Crippen molar-refractivity contribution in [2.45, 2.75) is 50.6 Å². The summed E-state index contributed by atoms with van der Waals surface area (Å²) in [6.07, 6.45) is 1.81. The van der Waals surface area contributed by atoms with Crippen LogP contribution < -0.4 is 14.4 Å². The van der Waals surface area contributed by atoms with E-state index in [1.54, 1.807) is 54.6 Å².